The minimum absolute atomic E-state index is 0.119. The third-order valence-corrected chi connectivity index (χ3v) is 5.55. The van der Waals surface area contributed by atoms with Gasteiger partial charge >= 0.3 is 0 Å². The number of rotatable bonds is 4. The zero-order valence-electron chi connectivity index (χ0n) is 14.7. The quantitative estimate of drug-likeness (QED) is 0.418. The molecule has 0 atom stereocenters. The van der Waals surface area contributed by atoms with Crippen molar-refractivity contribution in [2.75, 3.05) is 0 Å². The number of aromatic nitrogens is 2. The van der Waals surface area contributed by atoms with Gasteiger partial charge in [0.05, 0.1) is 18.3 Å². The second-order valence-corrected chi connectivity index (χ2v) is 7.30. The molecule has 0 bridgehead atoms. The number of carbonyl (C=O) groups excluding carboxylic acids is 1. The zero-order chi connectivity index (χ0) is 19.1. The van der Waals surface area contributed by atoms with E-state index in [-0.39, 0.29) is 23.6 Å². The van der Waals surface area contributed by atoms with Crippen LogP contribution in [0.5, 0.6) is 0 Å². The fourth-order valence-electron chi connectivity index (χ4n) is 3.26. The lowest BCUT2D eigenvalue weighted by Crippen LogP contribution is -2.24. The lowest BCUT2D eigenvalue weighted by molar-refractivity contribution is 0.0945. The van der Waals surface area contributed by atoms with Gasteiger partial charge in [0.1, 0.15) is 10.4 Å². The number of Topliss-reactive ketones (excluding diaryl/α,β-unsaturated/α-hetero) is 1. The maximum Gasteiger partial charge on any atom is 0.263 e. The van der Waals surface area contributed by atoms with E-state index in [1.807, 2.05) is 60.0 Å². The molecule has 0 aliphatic heterocycles. The summed E-state index contributed by atoms with van der Waals surface area (Å²) in [7, 11) is 0. The van der Waals surface area contributed by atoms with E-state index < -0.39 is 0 Å². The number of furan rings is 1. The Hall–Kier alpha value is -3.51. The van der Waals surface area contributed by atoms with E-state index >= 15 is 0 Å². The van der Waals surface area contributed by atoms with Gasteiger partial charge in [0, 0.05) is 16.3 Å². The van der Waals surface area contributed by atoms with Crippen LogP contribution in [-0.4, -0.2) is 15.3 Å². The molecule has 0 radical (unpaired) electrons. The van der Waals surface area contributed by atoms with Crippen molar-refractivity contribution in [3.8, 4) is 11.1 Å². The van der Waals surface area contributed by atoms with Crippen LogP contribution in [0.25, 0.3) is 32.3 Å². The maximum absolute atomic E-state index is 13.1. The van der Waals surface area contributed by atoms with Gasteiger partial charge in [-0.05, 0) is 17.7 Å². The summed E-state index contributed by atoms with van der Waals surface area (Å²) in [4.78, 5) is 30.8. The molecule has 3 heterocycles. The van der Waals surface area contributed by atoms with E-state index in [1.165, 1.54) is 22.2 Å². The van der Waals surface area contributed by atoms with E-state index in [9.17, 15) is 9.59 Å². The van der Waals surface area contributed by atoms with Gasteiger partial charge in [0.2, 0.25) is 5.78 Å². The van der Waals surface area contributed by atoms with E-state index in [2.05, 4.69) is 4.98 Å². The molecule has 5 rings (SSSR count). The van der Waals surface area contributed by atoms with Crippen LogP contribution in [0.1, 0.15) is 10.6 Å². The lowest BCUT2D eigenvalue weighted by atomic mass is 10.1. The van der Waals surface area contributed by atoms with Gasteiger partial charge in [0.15, 0.2) is 5.76 Å². The molecule has 3 aromatic heterocycles. The normalized spacial score (nSPS) is 11.3. The van der Waals surface area contributed by atoms with Crippen molar-refractivity contribution in [3.05, 3.63) is 88.5 Å². The van der Waals surface area contributed by atoms with Crippen molar-refractivity contribution in [1.29, 1.82) is 0 Å². The number of carbonyl (C=O) groups is 1. The summed E-state index contributed by atoms with van der Waals surface area (Å²) in [5.74, 6) is -0.0299. The first-order valence-corrected chi connectivity index (χ1v) is 9.62. The Bertz CT molecular complexity index is 1350. The highest BCUT2D eigenvalue weighted by Gasteiger charge is 2.17. The highest BCUT2D eigenvalue weighted by atomic mass is 32.1. The van der Waals surface area contributed by atoms with Crippen LogP contribution in [0.3, 0.4) is 0 Å². The molecule has 136 valence electrons. The molecular weight excluding hydrogens is 372 g/mol. The van der Waals surface area contributed by atoms with Crippen LogP contribution in [0.4, 0.5) is 0 Å². The third-order valence-electron chi connectivity index (χ3n) is 4.66. The van der Waals surface area contributed by atoms with Crippen molar-refractivity contribution in [2.24, 2.45) is 0 Å². The number of hydrogen-bond donors (Lipinski definition) is 0. The standard InChI is InChI=1S/C22H14N2O3S/c25-17(19-10-15-8-4-5-9-18(15)27-19)11-24-13-23-21-20(22(24)26)16(12-28-21)14-6-2-1-3-7-14/h1-10,12-13H,11H2. The molecule has 2 aromatic carbocycles. The molecule has 0 aliphatic carbocycles. The Labute approximate surface area is 163 Å². The van der Waals surface area contributed by atoms with Crippen LogP contribution in [-0.2, 0) is 6.54 Å². The minimum Gasteiger partial charge on any atom is -0.453 e. The number of fused-ring (bicyclic) bond motifs is 2. The summed E-state index contributed by atoms with van der Waals surface area (Å²) >= 11 is 1.42. The van der Waals surface area contributed by atoms with Crippen molar-refractivity contribution in [2.45, 2.75) is 6.54 Å². The highest BCUT2D eigenvalue weighted by Crippen LogP contribution is 2.30. The van der Waals surface area contributed by atoms with Crippen LogP contribution in [0, 0.1) is 0 Å². The van der Waals surface area contributed by atoms with Crippen LogP contribution < -0.4 is 5.56 Å². The fraction of sp³-hybridized carbons (Fsp3) is 0.0455. The van der Waals surface area contributed by atoms with Crippen molar-refractivity contribution < 1.29 is 9.21 Å². The van der Waals surface area contributed by atoms with E-state index in [0.717, 1.165) is 16.5 Å². The number of benzene rings is 2. The maximum atomic E-state index is 13.1. The van der Waals surface area contributed by atoms with Crippen molar-refractivity contribution in [3.63, 3.8) is 0 Å². The van der Waals surface area contributed by atoms with Gasteiger partial charge in [-0.25, -0.2) is 4.98 Å². The SMILES string of the molecule is O=C(Cn1cnc2scc(-c3ccccc3)c2c1=O)c1cc2ccccc2o1. The first-order chi connectivity index (χ1) is 13.7. The van der Waals surface area contributed by atoms with Crippen LogP contribution in [0.2, 0.25) is 0 Å². The van der Waals surface area contributed by atoms with E-state index in [0.29, 0.717) is 15.8 Å². The Kier molecular flexibility index (Phi) is 3.91. The second-order valence-electron chi connectivity index (χ2n) is 6.44. The molecule has 0 amide bonds. The molecule has 0 aliphatic rings. The predicted octanol–water partition coefficient (Wildman–Crippen LogP) is 4.75. The molecule has 0 unspecified atom stereocenters. The molecular formula is C22H14N2O3S. The number of nitrogens with zero attached hydrogens (tertiary/aromatic N) is 2. The minimum atomic E-state index is -0.268. The van der Waals surface area contributed by atoms with Gasteiger partial charge in [-0.15, -0.1) is 11.3 Å². The summed E-state index contributed by atoms with van der Waals surface area (Å²) in [6, 6.07) is 18.8. The summed E-state index contributed by atoms with van der Waals surface area (Å²) in [6.07, 6.45) is 1.43. The van der Waals surface area contributed by atoms with Crippen LogP contribution in [0.15, 0.2) is 81.6 Å². The third kappa shape index (κ3) is 2.75. The molecule has 5 nitrogen and oxygen atoms in total. The van der Waals surface area contributed by atoms with Gasteiger partial charge in [0.25, 0.3) is 5.56 Å². The first-order valence-electron chi connectivity index (χ1n) is 8.74. The summed E-state index contributed by atoms with van der Waals surface area (Å²) < 4.78 is 6.97. The fourth-order valence-corrected chi connectivity index (χ4v) is 4.17. The van der Waals surface area contributed by atoms with Crippen molar-refractivity contribution >= 4 is 38.3 Å². The Morgan fingerprint density at radius 3 is 2.68 bits per heavy atom. The molecule has 0 fully saturated rings. The lowest BCUT2D eigenvalue weighted by Gasteiger charge is -2.04. The second kappa shape index (κ2) is 6.58. The Morgan fingerprint density at radius 1 is 1.07 bits per heavy atom. The average Bonchev–Trinajstić information content (AvgIpc) is 3.35. The molecule has 0 N–H and O–H groups in total. The monoisotopic (exact) mass is 386 g/mol. The van der Waals surface area contributed by atoms with Gasteiger partial charge in [-0.3, -0.25) is 14.2 Å². The Balaban J connectivity index is 1.55. The zero-order valence-corrected chi connectivity index (χ0v) is 15.5. The average molecular weight is 386 g/mol. The van der Waals surface area contributed by atoms with Crippen LogP contribution >= 0.6 is 11.3 Å². The molecule has 0 saturated carbocycles. The predicted molar refractivity (Wildman–Crippen MR) is 110 cm³/mol. The largest absolute Gasteiger partial charge is 0.453 e. The summed E-state index contributed by atoms with van der Waals surface area (Å²) in [6.45, 7) is -0.119. The van der Waals surface area contributed by atoms with E-state index in [1.54, 1.807) is 6.07 Å². The topological polar surface area (TPSA) is 65.1 Å². The van der Waals surface area contributed by atoms with Gasteiger partial charge in [-0.1, -0.05) is 48.5 Å². The number of hydrogen-bond acceptors (Lipinski definition) is 5. The highest BCUT2D eigenvalue weighted by molar-refractivity contribution is 7.17. The molecule has 0 saturated heterocycles. The molecule has 5 aromatic rings. The van der Waals surface area contributed by atoms with Crippen molar-refractivity contribution in [1.82, 2.24) is 9.55 Å². The molecule has 28 heavy (non-hydrogen) atoms. The summed E-state index contributed by atoms with van der Waals surface area (Å²) in [5, 5.41) is 3.33. The van der Waals surface area contributed by atoms with E-state index in [4.69, 9.17) is 4.42 Å². The molecule has 6 heteroatoms. The molecule has 0 spiro atoms. The smallest absolute Gasteiger partial charge is 0.263 e. The number of thiophene rings is 1. The van der Waals surface area contributed by atoms with Gasteiger partial charge < -0.3 is 4.42 Å². The Morgan fingerprint density at radius 2 is 1.86 bits per heavy atom. The number of ketones is 1. The van der Waals surface area contributed by atoms with Gasteiger partial charge in [-0.2, -0.15) is 0 Å². The summed E-state index contributed by atoms with van der Waals surface area (Å²) in [5.41, 5.74) is 2.21. The number of para-hydroxylation sites is 1. The first kappa shape index (κ1) is 16.6.